The molecule has 2 heteroatoms. The maximum atomic E-state index is 9.97. The van der Waals surface area contributed by atoms with Crippen LogP contribution >= 0.6 is 0 Å². The lowest BCUT2D eigenvalue weighted by Gasteiger charge is -2.39. The lowest BCUT2D eigenvalue weighted by molar-refractivity contribution is -0.0291. The van der Waals surface area contributed by atoms with Gasteiger partial charge in [-0.3, -0.25) is 0 Å². The zero-order chi connectivity index (χ0) is 10.3. The molecule has 1 N–H and O–H groups in total. The van der Waals surface area contributed by atoms with Crippen LogP contribution in [0.25, 0.3) is 0 Å². The number of hydrogen-bond donors (Lipinski definition) is 1. The van der Waals surface area contributed by atoms with Crippen molar-refractivity contribution < 1.29 is 9.84 Å². The van der Waals surface area contributed by atoms with Crippen LogP contribution in [0.3, 0.4) is 0 Å². The molecule has 2 aliphatic rings. The van der Waals surface area contributed by atoms with E-state index in [1.54, 1.807) is 0 Å². The van der Waals surface area contributed by atoms with Gasteiger partial charge in [-0.1, -0.05) is 13.0 Å². The van der Waals surface area contributed by atoms with Crippen molar-refractivity contribution in [2.75, 3.05) is 0 Å². The minimum atomic E-state index is -0.354. The molecule has 2 unspecified atom stereocenters. The molecule has 0 aromatic carbocycles. The van der Waals surface area contributed by atoms with E-state index in [9.17, 15) is 5.11 Å². The van der Waals surface area contributed by atoms with Crippen LogP contribution in [-0.2, 0) is 4.74 Å². The van der Waals surface area contributed by atoms with Crippen LogP contribution in [0.1, 0.15) is 33.6 Å². The summed E-state index contributed by atoms with van der Waals surface area (Å²) in [7, 11) is 0. The average Bonchev–Trinajstić information content (AvgIpc) is 2.05. The number of ether oxygens (including phenoxy) is 1. The highest BCUT2D eigenvalue weighted by atomic mass is 16.5. The quantitative estimate of drug-likeness (QED) is 0.641. The Morgan fingerprint density at radius 3 is 2.93 bits per heavy atom. The summed E-state index contributed by atoms with van der Waals surface area (Å²) >= 11 is 0. The third-order valence-corrected chi connectivity index (χ3v) is 2.85. The summed E-state index contributed by atoms with van der Waals surface area (Å²) < 4.78 is 5.83. The minimum Gasteiger partial charge on any atom is -0.488 e. The van der Waals surface area contributed by atoms with Gasteiger partial charge in [0.25, 0.3) is 0 Å². The summed E-state index contributed by atoms with van der Waals surface area (Å²) in [6.45, 7) is 6.20. The Morgan fingerprint density at radius 1 is 1.50 bits per heavy atom. The van der Waals surface area contributed by atoms with Crippen LogP contribution in [0.5, 0.6) is 0 Å². The molecular weight excluding hydrogens is 176 g/mol. The van der Waals surface area contributed by atoms with E-state index in [1.807, 2.05) is 13.8 Å². The lowest BCUT2D eigenvalue weighted by Crippen LogP contribution is -2.38. The first-order chi connectivity index (χ1) is 6.48. The second-order valence-electron chi connectivity index (χ2n) is 4.99. The molecule has 2 nitrogen and oxygen atoms in total. The fourth-order valence-corrected chi connectivity index (χ4v) is 2.16. The van der Waals surface area contributed by atoms with Crippen molar-refractivity contribution in [2.24, 2.45) is 5.92 Å². The number of allylic oxidation sites excluding steroid dienone is 2. The first-order valence-corrected chi connectivity index (χ1v) is 5.27. The van der Waals surface area contributed by atoms with Gasteiger partial charge in [-0.2, -0.15) is 0 Å². The van der Waals surface area contributed by atoms with E-state index in [4.69, 9.17) is 4.74 Å². The highest BCUT2D eigenvalue weighted by molar-refractivity contribution is 5.35. The zero-order valence-electron chi connectivity index (χ0n) is 9.08. The molecule has 1 saturated heterocycles. The SMILES string of the molecule is CC1C=C2C(=CC1)OC(C)(C)CC2O. The molecule has 2 atom stereocenters. The Labute approximate surface area is 85.3 Å². The van der Waals surface area contributed by atoms with Gasteiger partial charge in [0.15, 0.2) is 0 Å². The van der Waals surface area contributed by atoms with E-state index in [2.05, 4.69) is 19.1 Å². The van der Waals surface area contributed by atoms with Gasteiger partial charge < -0.3 is 9.84 Å². The molecule has 1 aliphatic carbocycles. The van der Waals surface area contributed by atoms with Crippen molar-refractivity contribution in [1.82, 2.24) is 0 Å². The van der Waals surface area contributed by atoms with Gasteiger partial charge in [-0.25, -0.2) is 0 Å². The monoisotopic (exact) mass is 194 g/mol. The minimum absolute atomic E-state index is 0.233. The lowest BCUT2D eigenvalue weighted by atomic mass is 9.85. The molecule has 0 saturated carbocycles. The van der Waals surface area contributed by atoms with Crippen LogP contribution < -0.4 is 0 Å². The fraction of sp³-hybridized carbons (Fsp3) is 0.667. The molecule has 1 fully saturated rings. The Kier molecular flexibility index (Phi) is 2.18. The second-order valence-corrected chi connectivity index (χ2v) is 4.99. The highest BCUT2D eigenvalue weighted by Crippen LogP contribution is 2.37. The molecule has 0 radical (unpaired) electrons. The zero-order valence-corrected chi connectivity index (χ0v) is 9.08. The highest BCUT2D eigenvalue weighted by Gasteiger charge is 2.35. The van der Waals surface area contributed by atoms with Crippen LogP contribution in [0.2, 0.25) is 0 Å². The summed E-state index contributed by atoms with van der Waals surface area (Å²) in [6, 6.07) is 0. The summed E-state index contributed by atoms with van der Waals surface area (Å²) in [5.41, 5.74) is 0.756. The van der Waals surface area contributed by atoms with Gasteiger partial charge >= 0.3 is 0 Å². The molecule has 0 aromatic rings. The molecule has 1 aliphatic heterocycles. The predicted octanol–water partition coefficient (Wildman–Crippen LogP) is 2.40. The van der Waals surface area contributed by atoms with Gasteiger partial charge in [0.1, 0.15) is 11.4 Å². The number of aliphatic hydroxyl groups is 1. The smallest absolute Gasteiger partial charge is 0.121 e. The third kappa shape index (κ3) is 1.71. The van der Waals surface area contributed by atoms with Gasteiger partial charge in [0.2, 0.25) is 0 Å². The summed E-state index contributed by atoms with van der Waals surface area (Å²) in [4.78, 5) is 0. The molecular formula is C12H18O2. The largest absolute Gasteiger partial charge is 0.488 e. The van der Waals surface area contributed by atoms with Gasteiger partial charge in [-0.15, -0.1) is 0 Å². The summed E-state index contributed by atoms with van der Waals surface area (Å²) in [5.74, 6) is 1.42. The molecule has 2 rings (SSSR count). The fourth-order valence-electron chi connectivity index (χ4n) is 2.16. The topological polar surface area (TPSA) is 29.5 Å². The van der Waals surface area contributed by atoms with Crippen LogP contribution in [0.4, 0.5) is 0 Å². The van der Waals surface area contributed by atoms with Gasteiger partial charge in [-0.05, 0) is 32.3 Å². The average molecular weight is 194 g/mol. The van der Waals surface area contributed by atoms with Crippen molar-refractivity contribution in [3.8, 4) is 0 Å². The van der Waals surface area contributed by atoms with E-state index >= 15 is 0 Å². The van der Waals surface area contributed by atoms with Crippen molar-refractivity contribution in [3.63, 3.8) is 0 Å². The van der Waals surface area contributed by atoms with E-state index in [1.165, 1.54) is 0 Å². The first kappa shape index (κ1) is 9.78. The van der Waals surface area contributed by atoms with Crippen molar-refractivity contribution in [3.05, 3.63) is 23.5 Å². The van der Waals surface area contributed by atoms with Crippen molar-refractivity contribution >= 4 is 0 Å². The molecule has 78 valence electrons. The Balaban J connectivity index is 2.28. The molecule has 0 aromatic heterocycles. The van der Waals surface area contributed by atoms with Crippen LogP contribution in [-0.4, -0.2) is 16.8 Å². The normalized spacial score (nSPS) is 35.1. The predicted molar refractivity (Wildman–Crippen MR) is 55.7 cm³/mol. The first-order valence-electron chi connectivity index (χ1n) is 5.27. The van der Waals surface area contributed by atoms with E-state index in [-0.39, 0.29) is 11.7 Å². The Hall–Kier alpha value is -0.760. The summed E-state index contributed by atoms with van der Waals surface area (Å²) in [6.07, 6.45) is 5.58. The Morgan fingerprint density at radius 2 is 2.21 bits per heavy atom. The third-order valence-electron chi connectivity index (χ3n) is 2.85. The molecule has 0 spiro atoms. The van der Waals surface area contributed by atoms with Gasteiger partial charge in [0.05, 0.1) is 6.10 Å². The molecule has 1 heterocycles. The number of aliphatic hydroxyl groups excluding tert-OH is 1. The number of fused-ring (bicyclic) bond motifs is 1. The molecule has 0 amide bonds. The number of rotatable bonds is 0. The maximum absolute atomic E-state index is 9.97. The van der Waals surface area contributed by atoms with Crippen molar-refractivity contribution in [1.29, 1.82) is 0 Å². The van der Waals surface area contributed by atoms with E-state index in [0.29, 0.717) is 12.3 Å². The number of hydrogen-bond acceptors (Lipinski definition) is 2. The van der Waals surface area contributed by atoms with Crippen molar-refractivity contribution in [2.45, 2.75) is 45.3 Å². The molecule has 14 heavy (non-hydrogen) atoms. The second kappa shape index (κ2) is 3.13. The van der Waals surface area contributed by atoms with E-state index < -0.39 is 0 Å². The van der Waals surface area contributed by atoms with E-state index in [0.717, 1.165) is 17.8 Å². The summed E-state index contributed by atoms with van der Waals surface area (Å²) in [5, 5.41) is 9.97. The maximum Gasteiger partial charge on any atom is 0.121 e. The van der Waals surface area contributed by atoms with Crippen LogP contribution in [0, 0.1) is 5.92 Å². The standard InChI is InChI=1S/C12H18O2/c1-8-4-5-11-9(6-8)10(13)7-12(2,3)14-11/h5-6,8,10,13H,4,7H2,1-3H3. The Bertz CT molecular complexity index is 299. The molecule has 0 bridgehead atoms. The van der Waals surface area contributed by atoms with Gasteiger partial charge in [0, 0.05) is 12.0 Å². The van der Waals surface area contributed by atoms with Crippen LogP contribution in [0.15, 0.2) is 23.5 Å².